The van der Waals surface area contributed by atoms with Crippen LogP contribution in [0.15, 0.2) is 66.3 Å². The van der Waals surface area contributed by atoms with E-state index in [4.69, 9.17) is 0 Å². The van der Waals surface area contributed by atoms with Gasteiger partial charge in [0.15, 0.2) is 5.78 Å². The number of ketones is 1. The second kappa shape index (κ2) is 7.78. The summed E-state index contributed by atoms with van der Waals surface area (Å²) in [5, 5.41) is 8.41. The number of benzene rings is 1. The maximum Gasteiger partial charge on any atom is 0.187 e. The Hall–Kier alpha value is -3.25. The smallest absolute Gasteiger partial charge is 0.187 e. The van der Waals surface area contributed by atoms with Crippen molar-refractivity contribution in [2.45, 2.75) is 6.54 Å². The SMILES string of the molecule is Cn1cc(/C=C2/CN(Cc3ccccc3)C/C(=C/c3cnn(C)c3)C2=O)cn1. The van der Waals surface area contributed by atoms with Crippen LogP contribution in [0.4, 0.5) is 0 Å². The Morgan fingerprint density at radius 2 is 1.43 bits per heavy atom. The van der Waals surface area contributed by atoms with E-state index < -0.39 is 0 Å². The third-order valence-electron chi connectivity index (χ3n) is 4.75. The quantitative estimate of drug-likeness (QED) is 0.660. The van der Waals surface area contributed by atoms with Crippen LogP contribution in [0.25, 0.3) is 12.2 Å². The van der Waals surface area contributed by atoms with Crippen LogP contribution in [0, 0.1) is 0 Å². The van der Waals surface area contributed by atoms with Crippen molar-refractivity contribution < 1.29 is 4.79 Å². The molecule has 0 amide bonds. The van der Waals surface area contributed by atoms with E-state index in [1.165, 1.54) is 5.56 Å². The van der Waals surface area contributed by atoms with Gasteiger partial charge in [0.1, 0.15) is 0 Å². The van der Waals surface area contributed by atoms with Crippen molar-refractivity contribution in [1.29, 1.82) is 0 Å². The molecule has 1 aromatic carbocycles. The first-order valence-corrected chi connectivity index (χ1v) is 9.26. The zero-order valence-electron chi connectivity index (χ0n) is 16.1. The van der Waals surface area contributed by atoms with Crippen LogP contribution in [0.5, 0.6) is 0 Å². The van der Waals surface area contributed by atoms with E-state index in [0.29, 0.717) is 13.1 Å². The molecule has 0 N–H and O–H groups in total. The highest BCUT2D eigenvalue weighted by molar-refractivity contribution is 6.14. The molecular weight excluding hydrogens is 350 g/mol. The van der Waals surface area contributed by atoms with Crippen LogP contribution in [-0.2, 0) is 25.4 Å². The number of hydrogen-bond donors (Lipinski definition) is 0. The number of nitrogens with zero attached hydrogens (tertiary/aromatic N) is 5. The van der Waals surface area contributed by atoms with Gasteiger partial charge in [0, 0.05) is 68.4 Å². The fourth-order valence-electron chi connectivity index (χ4n) is 3.50. The van der Waals surface area contributed by atoms with Gasteiger partial charge in [-0.3, -0.25) is 19.1 Å². The average Bonchev–Trinajstić information content (AvgIpc) is 3.27. The molecule has 6 nitrogen and oxygen atoms in total. The number of rotatable bonds is 4. The second-order valence-corrected chi connectivity index (χ2v) is 7.19. The lowest BCUT2D eigenvalue weighted by atomic mass is 9.94. The number of hydrogen-bond acceptors (Lipinski definition) is 4. The maximum atomic E-state index is 13.1. The van der Waals surface area contributed by atoms with E-state index >= 15 is 0 Å². The van der Waals surface area contributed by atoms with Crippen LogP contribution in [0.2, 0.25) is 0 Å². The molecule has 3 aromatic rings. The summed E-state index contributed by atoms with van der Waals surface area (Å²) >= 11 is 0. The summed E-state index contributed by atoms with van der Waals surface area (Å²) in [6.07, 6.45) is 11.3. The monoisotopic (exact) mass is 373 g/mol. The molecule has 1 aliphatic heterocycles. The molecule has 0 aliphatic carbocycles. The molecule has 0 atom stereocenters. The first kappa shape index (κ1) is 18.1. The molecule has 6 heteroatoms. The van der Waals surface area contributed by atoms with Crippen LogP contribution < -0.4 is 0 Å². The lowest BCUT2D eigenvalue weighted by Gasteiger charge is -2.29. The van der Waals surface area contributed by atoms with Gasteiger partial charge in [-0.15, -0.1) is 0 Å². The third-order valence-corrected chi connectivity index (χ3v) is 4.75. The van der Waals surface area contributed by atoms with E-state index in [1.807, 2.05) is 56.8 Å². The molecule has 1 saturated heterocycles. The molecule has 1 fully saturated rings. The Kier molecular flexibility index (Phi) is 5.04. The highest BCUT2D eigenvalue weighted by atomic mass is 16.1. The highest BCUT2D eigenvalue weighted by Crippen LogP contribution is 2.23. The largest absolute Gasteiger partial charge is 0.290 e. The fraction of sp³-hybridized carbons (Fsp3) is 0.227. The minimum absolute atomic E-state index is 0.0945. The van der Waals surface area contributed by atoms with Crippen molar-refractivity contribution in [2.75, 3.05) is 13.1 Å². The van der Waals surface area contributed by atoms with Crippen LogP contribution >= 0.6 is 0 Å². The predicted octanol–water partition coefficient (Wildman–Crippen LogP) is 2.71. The molecule has 28 heavy (non-hydrogen) atoms. The first-order valence-electron chi connectivity index (χ1n) is 9.26. The standard InChI is InChI=1S/C22H23N5O/c1-25-12-18(10-23-25)8-20-15-27(14-17-6-4-3-5-7-17)16-21(22(20)28)9-19-11-24-26(2)13-19/h3-13H,14-16H2,1-2H3/b20-8-,21-9-. The Morgan fingerprint density at radius 1 is 0.893 bits per heavy atom. The van der Waals surface area contributed by atoms with Gasteiger partial charge in [-0.1, -0.05) is 30.3 Å². The summed E-state index contributed by atoms with van der Waals surface area (Å²) in [5.41, 5.74) is 4.68. The van der Waals surface area contributed by atoms with Crippen molar-refractivity contribution in [2.24, 2.45) is 14.1 Å². The molecule has 1 aliphatic rings. The van der Waals surface area contributed by atoms with E-state index in [0.717, 1.165) is 28.8 Å². The Balaban J connectivity index is 1.66. The number of Topliss-reactive ketones (excluding diaryl/α,β-unsaturated/α-hetero) is 1. The summed E-state index contributed by atoms with van der Waals surface area (Å²) in [6, 6.07) is 10.3. The van der Waals surface area contributed by atoms with Gasteiger partial charge in [0.2, 0.25) is 0 Å². The number of carbonyl (C=O) groups is 1. The van der Waals surface area contributed by atoms with Gasteiger partial charge in [0.25, 0.3) is 0 Å². The molecule has 142 valence electrons. The minimum Gasteiger partial charge on any atom is -0.290 e. The van der Waals surface area contributed by atoms with E-state index in [2.05, 4.69) is 27.2 Å². The number of aryl methyl sites for hydroxylation is 2. The van der Waals surface area contributed by atoms with E-state index in [-0.39, 0.29) is 5.78 Å². The van der Waals surface area contributed by atoms with Gasteiger partial charge in [-0.25, -0.2) is 0 Å². The van der Waals surface area contributed by atoms with Crippen molar-refractivity contribution in [3.8, 4) is 0 Å². The summed E-state index contributed by atoms with van der Waals surface area (Å²) in [6.45, 7) is 2.03. The van der Waals surface area contributed by atoms with E-state index in [1.54, 1.807) is 21.8 Å². The summed E-state index contributed by atoms with van der Waals surface area (Å²) in [4.78, 5) is 15.4. The molecule has 2 aromatic heterocycles. The van der Waals surface area contributed by atoms with Crippen molar-refractivity contribution in [3.05, 3.63) is 83.0 Å². The van der Waals surface area contributed by atoms with Crippen LogP contribution in [0.3, 0.4) is 0 Å². The van der Waals surface area contributed by atoms with Gasteiger partial charge in [-0.2, -0.15) is 10.2 Å². The Labute approximate surface area is 164 Å². The first-order chi connectivity index (χ1) is 13.6. The number of likely N-dealkylation sites (tertiary alicyclic amines) is 1. The second-order valence-electron chi connectivity index (χ2n) is 7.19. The van der Waals surface area contributed by atoms with Crippen molar-refractivity contribution >= 4 is 17.9 Å². The molecule has 3 heterocycles. The highest BCUT2D eigenvalue weighted by Gasteiger charge is 2.26. The number of piperidine rings is 1. The Morgan fingerprint density at radius 3 is 1.89 bits per heavy atom. The van der Waals surface area contributed by atoms with Crippen LogP contribution in [-0.4, -0.2) is 43.3 Å². The molecule has 0 bridgehead atoms. The summed E-state index contributed by atoms with van der Waals surface area (Å²) < 4.78 is 3.49. The molecule has 0 radical (unpaired) electrons. The molecule has 0 spiro atoms. The molecule has 0 saturated carbocycles. The van der Waals surface area contributed by atoms with E-state index in [9.17, 15) is 4.79 Å². The zero-order valence-corrected chi connectivity index (χ0v) is 16.1. The predicted molar refractivity (Wildman–Crippen MR) is 109 cm³/mol. The minimum atomic E-state index is 0.0945. The third kappa shape index (κ3) is 4.18. The fourth-order valence-corrected chi connectivity index (χ4v) is 3.50. The summed E-state index contributed by atoms with van der Waals surface area (Å²) in [7, 11) is 3.75. The van der Waals surface area contributed by atoms with Crippen molar-refractivity contribution in [3.63, 3.8) is 0 Å². The average molecular weight is 373 g/mol. The molecular formula is C22H23N5O. The van der Waals surface area contributed by atoms with Gasteiger partial charge in [0.05, 0.1) is 12.4 Å². The summed E-state index contributed by atoms with van der Waals surface area (Å²) in [5.74, 6) is 0.0945. The number of carbonyl (C=O) groups excluding carboxylic acids is 1. The van der Waals surface area contributed by atoms with Crippen molar-refractivity contribution in [1.82, 2.24) is 24.5 Å². The lowest BCUT2D eigenvalue weighted by Crippen LogP contribution is -2.37. The maximum absolute atomic E-state index is 13.1. The van der Waals surface area contributed by atoms with Crippen LogP contribution in [0.1, 0.15) is 16.7 Å². The topological polar surface area (TPSA) is 56.0 Å². The molecule has 0 unspecified atom stereocenters. The normalized spacial score (nSPS) is 18.3. The lowest BCUT2D eigenvalue weighted by molar-refractivity contribution is -0.113. The van der Waals surface area contributed by atoms with Gasteiger partial charge < -0.3 is 0 Å². The number of aromatic nitrogens is 4. The molecule has 4 rings (SSSR count). The van der Waals surface area contributed by atoms with Gasteiger partial charge >= 0.3 is 0 Å². The zero-order chi connectivity index (χ0) is 19.5. The van der Waals surface area contributed by atoms with Gasteiger partial charge in [-0.05, 0) is 17.7 Å². The Bertz CT molecular complexity index is 980.